The number of halogens is 1. The Labute approximate surface area is 214 Å². The van der Waals surface area contributed by atoms with Crippen LogP contribution in [0.4, 0.5) is 0 Å². The second kappa shape index (κ2) is 9.70. The van der Waals surface area contributed by atoms with Gasteiger partial charge in [0.1, 0.15) is 11.0 Å². The molecule has 4 aromatic rings. The van der Waals surface area contributed by atoms with E-state index in [2.05, 4.69) is 22.0 Å². The van der Waals surface area contributed by atoms with Crippen LogP contribution in [0.25, 0.3) is 0 Å². The predicted molar refractivity (Wildman–Crippen MR) is 141 cm³/mol. The topological polar surface area (TPSA) is 37.1 Å². The fraction of sp³-hybridized carbons (Fsp3) is 0.143. The number of hydrogen-bond acceptors (Lipinski definition) is 2. The second-order valence-electron chi connectivity index (χ2n) is 8.45. The first-order valence-electron chi connectivity index (χ1n) is 11.0. The molecular weight excluding hydrogens is 526 g/mol. The van der Waals surface area contributed by atoms with E-state index in [9.17, 15) is 8.42 Å². The van der Waals surface area contributed by atoms with Crippen LogP contribution < -0.4 is 0 Å². The smallest absolute Gasteiger partial charge is 0.128 e. The summed E-state index contributed by atoms with van der Waals surface area (Å²) in [5, 5.41) is 0. The van der Waals surface area contributed by atoms with Crippen LogP contribution in [0.15, 0.2) is 116 Å². The molecule has 34 heavy (non-hydrogen) atoms. The summed E-state index contributed by atoms with van der Waals surface area (Å²) in [6.07, 6.45) is 0. The SMILES string of the molecule is Cc1ccc(S(=O)c2ccccc2[C@H]2[C@H](c3ccccc3Br)N2S(=O)c2ccc(C)cc2)cc1. The summed E-state index contributed by atoms with van der Waals surface area (Å²) in [4.78, 5) is 2.29. The van der Waals surface area contributed by atoms with Crippen molar-refractivity contribution in [2.45, 2.75) is 40.6 Å². The van der Waals surface area contributed by atoms with Gasteiger partial charge in [0, 0.05) is 14.3 Å². The quantitative estimate of drug-likeness (QED) is 0.241. The van der Waals surface area contributed by atoms with Gasteiger partial charge in [-0.1, -0.05) is 87.7 Å². The molecule has 0 bridgehead atoms. The van der Waals surface area contributed by atoms with Gasteiger partial charge in [-0.15, -0.1) is 0 Å². The molecule has 0 saturated carbocycles. The molecule has 5 rings (SSSR count). The van der Waals surface area contributed by atoms with Crippen LogP contribution in [-0.4, -0.2) is 12.7 Å². The Morgan fingerprint density at radius 2 is 1.15 bits per heavy atom. The van der Waals surface area contributed by atoms with Crippen LogP contribution in [0.2, 0.25) is 0 Å². The highest BCUT2D eigenvalue weighted by Crippen LogP contribution is 2.59. The van der Waals surface area contributed by atoms with Crippen molar-refractivity contribution in [2.24, 2.45) is 0 Å². The Hall–Kier alpha value is -2.38. The molecule has 4 aromatic carbocycles. The van der Waals surface area contributed by atoms with Crippen molar-refractivity contribution in [2.75, 3.05) is 0 Å². The molecule has 6 heteroatoms. The van der Waals surface area contributed by atoms with Crippen LogP contribution in [0.1, 0.15) is 34.3 Å². The van der Waals surface area contributed by atoms with Gasteiger partial charge in [-0.2, -0.15) is 0 Å². The third-order valence-corrected chi connectivity index (χ3v) is 9.77. The third-order valence-electron chi connectivity index (χ3n) is 6.07. The largest absolute Gasteiger partial charge is 0.249 e. The molecule has 3 nitrogen and oxygen atoms in total. The molecule has 1 heterocycles. The summed E-state index contributed by atoms with van der Waals surface area (Å²) >= 11 is 3.68. The van der Waals surface area contributed by atoms with Crippen LogP contribution >= 0.6 is 15.9 Å². The number of benzene rings is 4. The van der Waals surface area contributed by atoms with Crippen molar-refractivity contribution in [3.8, 4) is 0 Å². The van der Waals surface area contributed by atoms with Gasteiger partial charge in [-0.05, 0) is 61.4 Å². The Bertz CT molecular complexity index is 1390. The maximum absolute atomic E-state index is 13.7. The van der Waals surface area contributed by atoms with E-state index in [0.29, 0.717) is 0 Å². The van der Waals surface area contributed by atoms with Crippen molar-refractivity contribution >= 4 is 37.7 Å². The zero-order chi connectivity index (χ0) is 23.8. The highest BCUT2D eigenvalue weighted by Gasteiger charge is 2.55. The Balaban J connectivity index is 1.58. The van der Waals surface area contributed by atoms with Gasteiger partial charge in [0.05, 0.1) is 27.8 Å². The minimum Gasteiger partial charge on any atom is -0.249 e. The predicted octanol–water partition coefficient (Wildman–Crippen LogP) is 7.05. The summed E-state index contributed by atoms with van der Waals surface area (Å²) in [6.45, 7) is 4.04. The molecule has 3 unspecified atom stereocenters. The van der Waals surface area contributed by atoms with Gasteiger partial charge in [0.2, 0.25) is 0 Å². The average molecular weight is 551 g/mol. The Morgan fingerprint density at radius 3 is 1.76 bits per heavy atom. The van der Waals surface area contributed by atoms with Crippen LogP contribution in [0, 0.1) is 13.8 Å². The van der Waals surface area contributed by atoms with E-state index in [1.807, 2.05) is 109 Å². The summed E-state index contributed by atoms with van der Waals surface area (Å²) < 4.78 is 30.3. The van der Waals surface area contributed by atoms with Crippen molar-refractivity contribution in [3.05, 3.63) is 124 Å². The fourth-order valence-electron chi connectivity index (χ4n) is 4.21. The van der Waals surface area contributed by atoms with E-state index < -0.39 is 21.8 Å². The van der Waals surface area contributed by atoms with E-state index in [1.54, 1.807) is 0 Å². The normalized spacial score (nSPS) is 21.1. The molecule has 1 saturated heterocycles. The van der Waals surface area contributed by atoms with E-state index in [1.165, 1.54) is 0 Å². The second-order valence-corrected chi connectivity index (χ2v) is 12.1. The van der Waals surface area contributed by atoms with Gasteiger partial charge >= 0.3 is 0 Å². The Kier molecular flexibility index (Phi) is 6.67. The molecule has 5 atom stereocenters. The third kappa shape index (κ3) is 4.48. The van der Waals surface area contributed by atoms with Gasteiger partial charge in [0.15, 0.2) is 0 Å². The van der Waals surface area contributed by atoms with E-state index in [0.717, 1.165) is 41.4 Å². The number of aryl methyl sites for hydroxylation is 2. The lowest BCUT2D eigenvalue weighted by molar-refractivity contribution is 0.637. The average Bonchev–Trinajstić information content (AvgIpc) is 3.59. The highest BCUT2D eigenvalue weighted by molar-refractivity contribution is 9.10. The molecule has 0 amide bonds. The summed E-state index contributed by atoms with van der Waals surface area (Å²) in [6, 6.07) is 31.3. The first-order chi connectivity index (χ1) is 16.5. The minimum absolute atomic E-state index is 0.0890. The lowest BCUT2D eigenvalue weighted by Gasteiger charge is -2.10. The summed E-state index contributed by atoms with van der Waals surface area (Å²) in [7, 11) is -2.69. The number of hydrogen-bond donors (Lipinski definition) is 0. The first-order valence-corrected chi connectivity index (χ1v) is 14.1. The molecule has 0 spiro atoms. The minimum atomic E-state index is -1.36. The van der Waals surface area contributed by atoms with E-state index in [4.69, 9.17) is 0 Å². The zero-order valence-electron chi connectivity index (χ0n) is 18.9. The van der Waals surface area contributed by atoms with Gasteiger partial charge in [-0.3, -0.25) is 0 Å². The Morgan fingerprint density at radius 1 is 0.647 bits per heavy atom. The lowest BCUT2D eigenvalue weighted by Crippen LogP contribution is -2.06. The lowest BCUT2D eigenvalue weighted by atomic mass is 10.0. The fourth-order valence-corrected chi connectivity index (χ4v) is 7.40. The maximum atomic E-state index is 13.7. The summed E-state index contributed by atoms with van der Waals surface area (Å²) in [5.74, 6) is 0. The molecule has 0 aliphatic carbocycles. The molecule has 0 aromatic heterocycles. The van der Waals surface area contributed by atoms with Crippen molar-refractivity contribution in [1.29, 1.82) is 0 Å². The van der Waals surface area contributed by atoms with E-state index >= 15 is 0 Å². The maximum Gasteiger partial charge on any atom is 0.128 e. The number of rotatable bonds is 6. The first kappa shape index (κ1) is 23.4. The zero-order valence-corrected chi connectivity index (χ0v) is 22.1. The monoisotopic (exact) mass is 549 g/mol. The summed E-state index contributed by atoms with van der Waals surface area (Å²) in [5.41, 5.74) is 4.28. The van der Waals surface area contributed by atoms with Crippen LogP contribution in [0.5, 0.6) is 0 Å². The standard InChI is InChI=1S/C28H24BrNO2S2/c1-19-11-15-21(16-12-19)33(31)26-10-6-4-8-24(26)28-27(23-7-3-5-9-25(23)29)30(28)34(32)22-17-13-20(2)14-18-22/h3-18,27-28H,1-2H3/t27-,28-,30?,33?,34?/m0/s1. The van der Waals surface area contributed by atoms with Gasteiger partial charge in [-0.25, -0.2) is 12.7 Å². The molecule has 1 aliphatic rings. The molecule has 0 N–H and O–H groups in total. The molecule has 0 radical (unpaired) electrons. The molecule has 1 fully saturated rings. The molecule has 172 valence electrons. The van der Waals surface area contributed by atoms with Gasteiger partial charge < -0.3 is 0 Å². The van der Waals surface area contributed by atoms with Crippen LogP contribution in [0.3, 0.4) is 0 Å². The van der Waals surface area contributed by atoms with Gasteiger partial charge in [0.25, 0.3) is 0 Å². The van der Waals surface area contributed by atoms with Crippen molar-refractivity contribution in [1.82, 2.24) is 4.31 Å². The highest BCUT2D eigenvalue weighted by atomic mass is 79.9. The van der Waals surface area contributed by atoms with Crippen molar-refractivity contribution in [3.63, 3.8) is 0 Å². The van der Waals surface area contributed by atoms with Crippen molar-refractivity contribution < 1.29 is 8.42 Å². The van der Waals surface area contributed by atoms with E-state index in [-0.39, 0.29) is 12.1 Å². The van der Waals surface area contributed by atoms with Crippen LogP contribution in [-0.2, 0) is 21.8 Å². The molecular formula is C28H24BrNO2S2. The number of nitrogens with zero attached hydrogens (tertiary/aromatic N) is 1. The molecule has 1 aliphatic heterocycles.